The molecule has 1 fully saturated rings. The number of methoxy groups -OCH3 is 1. The Labute approximate surface area is 143 Å². The van der Waals surface area contributed by atoms with Crippen LogP contribution in [0.15, 0.2) is 30.5 Å². The molecule has 1 saturated heterocycles. The van der Waals surface area contributed by atoms with Gasteiger partial charge in [-0.05, 0) is 43.1 Å². The van der Waals surface area contributed by atoms with E-state index in [2.05, 4.69) is 22.2 Å². The third kappa shape index (κ3) is 4.23. The van der Waals surface area contributed by atoms with Crippen LogP contribution in [0.5, 0.6) is 11.5 Å². The van der Waals surface area contributed by atoms with Gasteiger partial charge in [0.2, 0.25) is 0 Å². The van der Waals surface area contributed by atoms with Crippen LogP contribution < -0.4 is 14.8 Å². The van der Waals surface area contributed by atoms with Crippen LogP contribution in [0.2, 0.25) is 0 Å². The van der Waals surface area contributed by atoms with E-state index in [4.69, 9.17) is 9.47 Å². The summed E-state index contributed by atoms with van der Waals surface area (Å²) in [6, 6.07) is 8.01. The summed E-state index contributed by atoms with van der Waals surface area (Å²) >= 11 is 0. The van der Waals surface area contributed by atoms with Crippen LogP contribution in [-0.2, 0) is 12.8 Å². The third-order valence-corrected chi connectivity index (χ3v) is 4.35. The maximum absolute atomic E-state index is 6.03. The smallest absolute Gasteiger partial charge is 0.161 e. The van der Waals surface area contributed by atoms with Gasteiger partial charge >= 0.3 is 0 Å². The fourth-order valence-corrected chi connectivity index (χ4v) is 2.91. The van der Waals surface area contributed by atoms with E-state index in [9.17, 15) is 0 Å². The van der Waals surface area contributed by atoms with Crippen molar-refractivity contribution in [2.75, 3.05) is 26.8 Å². The number of ether oxygens (including phenoxy) is 2. The van der Waals surface area contributed by atoms with E-state index < -0.39 is 0 Å². The van der Waals surface area contributed by atoms with Crippen molar-refractivity contribution in [3.63, 3.8) is 0 Å². The average Bonchev–Trinajstić information content (AvgIpc) is 3.14. The average molecular weight is 327 g/mol. The number of nitrogens with zero attached hydrogens (tertiary/aromatic N) is 2. The maximum Gasteiger partial charge on any atom is 0.161 e. The minimum Gasteiger partial charge on any atom is -0.493 e. The van der Waals surface area contributed by atoms with E-state index in [1.165, 1.54) is 6.42 Å². The number of hydrogen-bond donors (Lipinski definition) is 1. The lowest BCUT2D eigenvalue weighted by Crippen LogP contribution is -2.15. The minimum absolute atomic E-state index is 0.572. The van der Waals surface area contributed by atoms with Gasteiger partial charge in [-0.25, -0.2) is 9.97 Å². The second-order valence-corrected chi connectivity index (χ2v) is 6.15. The van der Waals surface area contributed by atoms with E-state index in [-0.39, 0.29) is 0 Å². The largest absolute Gasteiger partial charge is 0.493 e. The van der Waals surface area contributed by atoms with Crippen molar-refractivity contribution in [2.45, 2.75) is 26.2 Å². The van der Waals surface area contributed by atoms with Gasteiger partial charge in [0, 0.05) is 30.8 Å². The summed E-state index contributed by atoms with van der Waals surface area (Å²) in [5.74, 6) is 2.98. The Morgan fingerprint density at radius 3 is 2.92 bits per heavy atom. The van der Waals surface area contributed by atoms with Crippen LogP contribution in [0.3, 0.4) is 0 Å². The molecule has 0 radical (unpaired) electrons. The summed E-state index contributed by atoms with van der Waals surface area (Å²) in [5, 5.41) is 3.36. The first kappa shape index (κ1) is 16.7. The summed E-state index contributed by atoms with van der Waals surface area (Å²) < 4.78 is 11.5. The standard InChI is InChI=1S/C19H25N3O2/c1-3-16-7-9-21-19(22-16)11-14-4-5-17(23-2)18(10-14)24-13-15-6-8-20-12-15/h4-5,7,9-10,15,20H,3,6,8,11-13H2,1-2H3. The van der Waals surface area contributed by atoms with Crippen LogP contribution in [0, 0.1) is 5.92 Å². The molecule has 1 unspecified atom stereocenters. The fourth-order valence-electron chi connectivity index (χ4n) is 2.91. The van der Waals surface area contributed by atoms with Crippen molar-refractivity contribution < 1.29 is 9.47 Å². The molecule has 1 aliphatic heterocycles. The summed E-state index contributed by atoms with van der Waals surface area (Å²) in [5.41, 5.74) is 2.20. The van der Waals surface area contributed by atoms with E-state index in [1.807, 2.05) is 30.5 Å². The Morgan fingerprint density at radius 2 is 2.17 bits per heavy atom. The van der Waals surface area contributed by atoms with Crippen molar-refractivity contribution in [3.05, 3.63) is 47.5 Å². The Balaban J connectivity index is 1.72. The van der Waals surface area contributed by atoms with Crippen molar-refractivity contribution in [3.8, 4) is 11.5 Å². The molecule has 1 atom stereocenters. The molecule has 128 valence electrons. The van der Waals surface area contributed by atoms with Crippen LogP contribution in [0.4, 0.5) is 0 Å². The molecular formula is C19H25N3O2. The minimum atomic E-state index is 0.572. The number of benzene rings is 1. The first-order chi connectivity index (χ1) is 11.8. The van der Waals surface area contributed by atoms with E-state index >= 15 is 0 Å². The zero-order valence-corrected chi connectivity index (χ0v) is 14.4. The highest BCUT2D eigenvalue weighted by Crippen LogP contribution is 2.29. The van der Waals surface area contributed by atoms with Crippen LogP contribution in [-0.4, -0.2) is 36.8 Å². The van der Waals surface area contributed by atoms with Gasteiger partial charge in [0.05, 0.1) is 13.7 Å². The van der Waals surface area contributed by atoms with Gasteiger partial charge in [-0.1, -0.05) is 13.0 Å². The highest BCUT2D eigenvalue weighted by atomic mass is 16.5. The van der Waals surface area contributed by atoms with Gasteiger partial charge in [-0.15, -0.1) is 0 Å². The molecule has 0 aliphatic carbocycles. The third-order valence-electron chi connectivity index (χ3n) is 4.35. The van der Waals surface area contributed by atoms with E-state index in [1.54, 1.807) is 7.11 Å². The number of aromatic nitrogens is 2. The second kappa shape index (κ2) is 8.11. The summed E-state index contributed by atoms with van der Waals surface area (Å²) in [6.45, 7) is 4.92. The zero-order chi connectivity index (χ0) is 16.8. The molecule has 2 aromatic rings. The molecule has 2 heterocycles. The quantitative estimate of drug-likeness (QED) is 0.847. The summed E-state index contributed by atoms with van der Waals surface area (Å²) in [4.78, 5) is 8.95. The number of nitrogens with one attached hydrogen (secondary N) is 1. The predicted molar refractivity (Wildman–Crippen MR) is 93.7 cm³/mol. The Morgan fingerprint density at radius 1 is 1.25 bits per heavy atom. The molecule has 0 spiro atoms. The van der Waals surface area contributed by atoms with Crippen LogP contribution >= 0.6 is 0 Å². The SMILES string of the molecule is CCc1ccnc(Cc2ccc(OC)c(OCC3CCNC3)c2)n1. The molecule has 3 rings (SSSR count). The highest BCUT2D eigenvalue weighted by molar-refractivity contribution is 5.43. The lowest BCUT2D eigenvalue weighted by molar-refractivity contribution is 0.247. The zero-order valence-electron chi connectivity index (χ0n) is 14.4. The molecule has 0 bridgehead atoms. The van der Waals surface area contributed by atoms with Gasteiger partial charge in [0.25, 0.3) is 0 Å². The molecule has 1 aromatic carbocycles. The molecule has 1 aromatic heterocycles. The highest BCUT2D eigenvalue weighted by Gasteiger charge is 2.16. The lowest BCUT2D eigenvalue weighted by Gasteiger charge is -2.15. The van der Waals surface area contributed by atoms with Gasteiger partial charge < -0.3 is 14.8 Å². The number of aryl methyl sites for hydroxylation is 1. The van der Waals surface area contributed by atoms with Crippen molar-refractivity contribution in [2.24, 2.45) is 5.92 Å². The Bertz CT molecular complexity index is 669. The van der Waals surface area contributed by atoms with Crippen LogP contribution in [0.1, 0.15) is 30.4 Å². The van der Waals surface area contributed by atoms with Gasteiger partial charge in [-0.2, -0.15) is 0 Å². The molecule has 5 heteroatoms. The molecular weight excluding hydrogens is 302 g/mol. The van der Waals surface area contributed by atoms with Gasteiger partial charge in [0.15, 0.2) is 11.5 Å². The molecule has 24 heavy (non-hydrogen) atoms. The normalized spacial score (nSPS) is 17.0. The van der Waals surface area contributed by atoms with Gasteiger partial charge in [-0.3, -0.25) is 0 Å². The first-order valence-corrected chi connectivity index (χ1v) is 8.59. The lowest BCUT2D eigenvalue weighted by atomic mass is 10.1. The first-order valence-electron chi connectivity index (χ1n) is 8.59. The molecule has 0 saturated carbocycles. The summed E-state index contributed by atoms with van der Waals surface area (Å²) in [7, 11) is 1.67. The molecule has 5 nitrogen and oxygen atoms in total. The Kier molecular flexibility index (Phi) is 5.64. The monoisotopic (exact) mass is 327 g/mol. The van der Waals surface area contributed by atoms with Gasteiger partial charge in [0.1, 0.15) is 5.82 Å². The molecule has 1 aliphatic rings. The van der Waals surface area contributed by atoms with E-state index in [0.717, 1.165) is 48.1 Å². The molecule has 1 N–H and O–H groups in total. The van der Waals surface area contributed by atoms with Crippen molar-refractivity contribution >= 4 is 0 Å². The predicted octanol–water partition coefficient (Wildman–Crippen LogP) is 2.63. The molecule has 0 amide bonds. The van der Waals surface area contributed by atoms with E-state index in [0.29, 0.717) is 18.9 Å². The van der Waals surface area contributed by atoms with Crippen LogP contribution in [0.25, 0.3) is 0 Å². The Hall–Kier alpha value is -2.14. The second-order valence-electron chi connectivity index (χ2n) is 6.15. The summed E-state index contributed by atoms with van der Waals surface area (Å²) in [6.07, 6.45) is 4.61. The van der Waals surface area contributed by atoms with Crippen molar-refractivity contribution in [1.82, 2.24) is 15.3 Å². The topological polar surface area (TPSA) is 56.3 Å². The fraction of sp³-hybridized carbons (Fsp3) is 0.474. The maximum atomic E-state index is 6.03. The number of hydrogen-bond acceptors (Lipinski definition) is 5. The number of rotatable bonds is 7. The van der Waals surface area contributed by atoms with Crippen molar-refractivity contribution in [1.29, 1.82) is 0 Å².